The van der Waals surface area contributed by atoms with Gasteiger partial charge in [-0.3, -0.25) is 4.79 Å². The summed E-state index contributed by atoms with van der Waals surface area (Å²) in [5.74, 6) is -0.987. The van der Waals surface area contributed by atoms with Crippen LogP contribution in [-0.2, 0) is 23.8 Å². The van der Waals surface area contributed by atoms with Crippen LogP contribution >= 0.6 is 19.8 Å². The summed E-state index contributed by atoms with van der Waals surface area (Å²) < 4.78 is 23.0. The molecule has 0 saturated carbocycles. The van der Waals surface area contributed by atoms with E-state index in [9.17, 15) is 10.9 Å². The van der Waals surface area contributed by atoms with Crippen LogP contribution in [0.25, 0.3) is 0 Å². The molecule has 0 unspecified atom stereocenters. The number of carbonyl (C=O) groups is 1. The minimum absolute atomic E-state index is 0.222. The maximum Gasteiger partial charge on any atom is 0.341 e. The molecule has 0 aliphatic carbocycles. The van der Waals surface area contributed by atoms with E-state index in [1.807, 2.05) is 6.07 Å². The Morgan fingerprint density at radius 1 is 0.742 bits per heavy atom. The van der Waals surface area contributed by atoms with Crippen LogP contribution in [0.3, 0.4) is 0 Å². The van der Waals surface area contributed by atoms with Gasteiger partial charge < -0.3 is 5.11 Å². The quantitative estimate of drug-likeness (QED) is 0.132. The fraction of sp³-hybridized carbons (Fsp3) is 0.731. The van der Waals surface area contributed by atoms with Crippen LogP contribution in [0, 0.1) is 3.57 Å². The zero-order valence-electron chi connectivity index (χ0n) is 19.5. The second-order valence-corrected chi connectivity index (χ2v) is 11.2. The highest BCUT2D eigenvalue weighted by Crippen LogP contribution is 2.24. The first-order chi connectivity index (χ1) is 15.0. The third-order valence-electron chi connectivity index (χ3n) is 5.94. The molecule has 1 rings (SSSR count). The Bertz CT molecular complexity index is 674. The summed E-state index contributed by atoms with van der Waals surface area (Å²) in [6.45, 7) is 2.27. The van der Waals surface area contributed by atoms with Crippen molar-refractivity contribution >= 4 is 25.8 Å². The molecular formula is C26H43IO4. The van der Waals surface area contributed by atoms with Crippen molar-refractivity contribution in [2.75, 3.05) is 0 Å². The highest BCUT2D eigenvalue weighted by atomic mass is 127. The summed E-state index contributed by atoms with van der Waals surface area (Å²) in [7, 11) is 0. The highest BCUT2D eigenvalue weighted by molar-refractivity contribution is 14.2. The first-order valence-corrected chi connectivity index (χ1v) is 15.3. The maximum atomic E-state index is 11.4. The fourth-order valence-corrected chi connectivity index (χ4v) is 5.50. The Balaban J connectivity index is 2.02. The summed E-state index contributed by atoms with van der Waals surface area (Å²) in [6.07, 6.45) is 22.1. The minimum atomic E-state index is -3.65. The molecule has 0 saturated heterocycles. The number of aryl methyl sites for hydroxylation is 1. The Morgan fingerprint density at radius 3 is 1.61 bits per heavy atom. The third kappa shape index (κ3) is 14.7. The Hall–Kier alpha value is -0.980. The summed E-state index contributed by atoms with van der Waals surface area (Å²) in [4.78, 5) is 11.0. The molecule has 4 nitrogen and oxygen atoms in total. The molecule has 0 heterocycles. The van der Waals surface area contributed by atoms with Crippen molar-refractivity contribution in [2.45, 2.75) is 122 Å². The topological polar surface area (TPSA) is 71.4 Å². The number of aliphatic carboxylic acids is 1. The molecule has 31 heavy (non-hydrogen) atoms. The smallest absolute Gasteiger partial charge is 0.341 e. The van der Waals surface area contributed by atoms with Gasteiger partial charge in [-0.2, -0.15) is 0 Å². The number of unbranched alkanes of at least 4 members (excludes halogenated alkanes) is 15. The van der Waals surface area contributed by atoms with Crippen molar-refractivity contribution in [2.24, 2.45) is 0 Å². The van der Waals surface area contributed by atoms with Gasteiger partial charge in [-0.1, -0.05) is 115 Å². The van der Waals surface area contributed by atoms with E-state index in [-0.39, 0.29) is 9.99 Å². The van der Waals surface area contributed by atoms with Crippen molar-refractivity contribution in [1.29, 1.82) is 0 Å². The van der Waals surface area contributed by atoms with Crippen molar-refractivity contribution in [3.63, 3.8) is 0 Å². The van der Waals surface area contributed by atoms with Gasteiger partial charge in [-0.25, -0.2) is 6.14 Å². The van der Waals surface area contributed by atoms with E-state index in [2.05, 4.69) is 6.92 Å². The molecule has 0 aliphatic heterocycles. The van der Waals surface area contributed by atoms with E-state index in [0.29, 0.717) is 5.56 Å². The molecule has 0 spiro atoms. The lowest BCUT2D eigenvalue weighted by Crippen LogP contribution is -2.03. The van der Waals surface area contributed by atoms with Gasteiger partial charge in [0.1, 0.15) is 0 Å². The molecule has 0 radical (unpaired) electrons. The van der Waals surface area contributed by atoms with Crippen LogP contribution in [-0.4, -0.2) is 11.1 Å². The molecule has 0 aromatic heterocycles. The number of carboxylic acids is 1. The number of halogens is 1. The molecule has 0 atom stereocenters. The predicted molar refractivity (Wildman–Crippen MR) is 135 cm³/mol. The number of carboxylic acid groups (broad SMARTS) is 1. The lowest BCUT2D eigenvalue weighted by atomic mass is 10.0. The second kappa shape index (κ2) is 18.6. The summed E-state index contributed by atoms with van der Waals surface area (Å²) in [6, 6.07) is 5.20. The van der Waals surface area contributed by atoms with Gasteiger partial charge in [-0.15, -0.1) is 0 Å². The van der Waals surface area contributed by atoms with Crippen LogP contribution in [0.4, 0.5) is 0 Å². The van der Waals surface area contributed by atoms with Crippen molar-refractivity contribution in [3.05, 3.63) is 32.9 Å². The fourth-order valence-electron chi connectivity index (χ4n) is 4.11. The van der Waals surface area contributed by atoms with Gasteiger partial charge in [0.05, 0.1) is 9.99 Å². The van der Waals surface area contributed by atoms with Crippen LogP contribution in [0.5, 0.6) is 0 Å². The van der Waals surface area contributed by atoms with E-state index in [1.165, 1.54) is 96.3 Å². The van der Waals surface area contributed by atoms with Gasteiger partial charge in [0.15, 0.2) is 0 Å². The van der Waals surface area contributed by atoms with Crippen molar-refractivity contribution in [1.82, 2.24) is 0 Å². The molecular weight excluding hydrogens is 503 g/mol. The molecule has 1 N–H and O–H groups in total. The first-order valence-electron chi connectivity index (χ1n) is 12.4. The van der Waals surface area contributed by atoms with E-state index < -0.39 is 25.8 Å². The number of rotatable bonds is 20. The number of benzene rings is 1. The normalized spacial score (nSPS) is 11.3. The van der Waals surface area contributed by atoms with Crippen LogP contribution in [0.1, 0.15) is 121 Å². The van der Waals surface area contributed by atoms with Crippen LogP contribution in [0.2, 0.25) is 0 Å². The summed E-state index contributed by atoms with van der Waals surface area (Å²) in [5, 5.41) is 9.00. The molecule has 178 valence electrons. The van der Waals surface area contributed by atoms with E-state index in [1.54, 1.807) is 12.1 Å². The molecule has 0 fully saturated rings. The molecule has 0 bridgehead atoms. The van der Waals surface area contributed by atoms with Crippen molar-refractivity contribution in [3.8, 4) is 0 Å². The Morgan fingerprint density at radius 2 is 1.19 bits per heavy atom. The molecule has 0 aliphatic rings. The Kier molecular flexibility index (Phi) is 16.8. The molecule has 1 aromatic rings. The van der Waals surface area contributed by atoms with Gasteiger partial charge in [0.25, 0.3) is 0 Å². The number of hydrogen-bond acceptors (Lipinski definition) is 3. The first kappa shape index (κ1) is 28.1. The lowest BCUT2D eigenvalue weighted by Gasteiger charge is -2.06. The zero-order chi connectivity index (χ0) is 22.7. The molecule has 1 aromatic carbocycles. The van der Waals surface area contributed by atoms with Crippen molar-refractivity contribution < 1.29 is 16.0 Å². The third-order valence-corrected chi connectivity index (χ3v) is 7.94. The van der Waals surface area contributed by atoms with Crippen LogP contribution < -0.4 is 0 Å². The van der Waals surface area contributed by atoms with E-state index >= 15 is 0 Å². The lowest BCUT2D eigenvalue weighted by molar-refractivity contribution is -0.136. The summed E-state index contributed by atoms with van der Waals surface area (Å²) >= 11 is -3.65. The predicted octanol–water partition coefficient (Wildman–Crippen LogP) is 8.48. The zero-order valence-corrected chi connectivity index (χ0v) is 21.7. The van der Waals surface area contributed by atoms with E-state index in [0.717, 1.165) is 18.4 Å². The minimum Gasteiger partial charge on any atom is -0.481 e. The number of hydrogen-bond donors (Lipinski definition) is 1. The van der Waals surface area contributed by atoms with E-state index in [4.69, 9.17) is 5.11 Å². The Labute approximate surface area is 196 Å². The molecule has 5 heteroatoms. The second-order valence-electron chi connectivity index (χ2n) is 8.77. The van der Waals surface area contributed by atoms with Gasteiger partial charge >= 0.3 is 25.8 Å². The van der Waals surface area contributed by atoms with Crippen LogP contribution in [0.15, 0.2) is 18.2 Å². The average molecular weight is 547 g/mol. The maximum absolute atomic E-state index is 11.4. The standard InChI is InChI=1S/C26H43IO4/c1-2-3-4-5-6-7-8-9-10-11-12-13-14-15-16-17-18-23-19-20-25(27(30)31)24(21-23)22-26(28)29/h19-21H,2-18,22H2,1H3,(H,28,29). The largest absolute Gasteiger partial charge is 0.481 e. The average Bonchev–Trinajstić information content (AvgIpc) is 2.73. The monoisotopic (exact) mass is 546 g/mol. The highest BCUT2D eigenvalue weighted by Gasteiger charge is 2.11. The van der Waals surface area contributed by atoms with Gasteiger partial charge in [0.2, 0.25) is 0 Å². The molecule has 0 amide bonds. The van der Waals surface area contributed by atoms with Gasteiger partial charge in [0, 0.05) is 0 Å². The van der Waals surface area contributed by atoms with Gasteiger partial charge in [-0.05, 0) is 30.0 Å². The summed E-state index contributed by atoms with van der Waals surface area (Å²) in [5.41, 5.74) is 1.49. The SMILES string of the molecule is CCCCCCCCCCCCCCCCCCc1ccc(I(=O)=O)c(CC(=O)O)c1.